The molecule has 2 heterocycles. The fourth-order valence-electron chi connectivity index (χ4n) is 3.23. The van der Waals surface area contributed by atoms with E-state index in [1.807, 2.05) is 43.3 Å². The molecule has 0 fully saturated rings. The number of benzene rings is 2. The van der Waals surface area contributed by atoms with Crippen molar-refractivity contribution in [2.24, 2.45) is 4.99 Å². The van der Waals surface area contributed by atoms with Gasteiger partial charge in [0, 0.05) is 20.8 Å². The zero-order valence-electron chi connectivity index (χ0n) is 17.8. The third kappa shape index (κ3) is 5.66. The van der Waals surface area contributed by atoms with Gasteiger partial charge in [0.2, 0.25) is 11.8 Å². The third-order valence-corrected chi connectivity index (χ3v) is 6.44. The highest BCUT2D eigenvalue weighted by Gasteiger charge is 2.30. The summed E-state index contributed by atoms with van der Waals surface area (Å²) in [5.74, 6) is 0.927. The van der Waals surface area contributed by atoms with Crippen molar-refractivity contribution < 1.29 is 13.9 Å². The number of allylic oxidation sites excluding steroid dienone is 1. The van der Waals surface area contributed by atoms with E-state index in [0.29, 0.717) is 45.6 Å². The van der Waals surface area contributed by atoms with Gasteiger partial charge in [-0.25, -0.2) is 9.79 Å². The number of hydrogen-bond acceptors (Lipinski definition) is 8. The maximum absolute atomic E-state index is 12.7. The molecule has 0 saturated heterocycles. The third-order valence-electron chi connectivity index (χ3n) is 4.79. The van der Waals surface area contributed by atoms with Gasteiger partial charge in [0.1, 0.15) is 6.04 Å². The fraction of sp³-hybridized carbons (Fsp3) is 0.217. The van der Waals surface area contributed by atoms with Gasteiger partial charge >= 0.3 is 5.97 Å². The highest BCUT2D eigenvalue weighted by Crippen LogP contribution is 2.34. The Kier molecular flexibility index (Phi) is 7.52. The second-order valence-corrected chi connectivity index (χ2v) is 9.39. The van der Waals surface area contributed by atoms with Crippen molar-refractivity contribution in [3.63, 3.8) is 0 Å². The Morgan fingerprint density at radius 1 is 1.18 bits per heavy atom. The largest absolute Gasteiger partial charge is 0.463 e. The van der Waals surface area contributed by atoms with Crippen molar-refractivity contribution in [3.05, 3.63) is 80.8 Å². The number of ether oxygens (including phenoxy) is 1. The molecule has 33 heavy (non-hydrogen) atoms. The molecule has 1 unspecified atom stereocenters. The van der Waals surface area contributed by atoms with E-state index in [-0.39, 0.29) is 5.97 Å². The monoisotopic (exact) mass is 546 g/mol. The van der Waals surface area contributed by atoms with E-state index in [0.717, 1.165) is 15.6 Å². The topological polar surface area (TPSA) is 89.6 Å². The first-order valence-corrected chi connectivity index (χ1v) is 12.3. The minimum Gasteiger partial charge on any atom is -0.463 e. The molecular formula is C23H20BrClN4O3S. The van der Waals surface area contributed by atoms with Gasteiger partial charge in [-0.2, -0.15) is 0 Å². The van der Waals surface area contributed by atoms with Crippen LogP contribution in [0.2, 0.25) is 5.02 Å². The maximum Gasteiger partial charge on any atom is 0.338 e. The number of hydrogen-bond donors (Lipinski definition) is 1. The first-order valence-electron chi connectivity index (χ1n) is 10.1. The van der Waals surface area contributed by atoms with Crippen LogP contribution in [0.5, 0.6) is 0 Å². The summed E-state index contributed by atoms with van der Waals surface area (Å²) in [6, 6.07) is 14.4. The number of nitrogens with zero attached hydrogens (tertiary/aromatic N) is 3. The lowest BCUT2D eigenvalue weighted by Crippen LogP contribution is -2.30. The van der Waals surface area contributed by atoms with Gasteiger partial charge in [0.05, 0.1) is 17.9 Å². The van der Waals surface area contributed by atoms with Gasteiger partial charge in [0.15, 0.2) is 5.17 Å². The van der Waals surface area contributed by atoms with E-state index in [4.69, 9.17) is 25.7 Å². The molecule has 0 saturated carbocycles. The highest BCUT2D eigenvalue weighted by atomic mass is 79.9. The number of aromatic nitrogens is 2. The van der Waals surface area contributed by atoms with Crippen LogP contribution >= 0.6 is 39.3 Å². The summed E-state index contributed by atoms with van der Waals surface area (Å²) < 4.78 is 12.0. The van der Waals surface area contributed by atoms with Crippen LogP contribution in [0.1, 0.15) is 31.3 Å². The van der Waals surface area contributed by atoms with Crippen molar-refractivity contribution in [1.29, 1.82) is 0 Å². The van der Waals surface area contributed by atoms with E-state index in [2.05, 4.69) is 31.4 Å². The lowest BCUT2D eigenvalue weighted by Gasteiger charge is -2.25. The molecule has 7 nitrogen and oxygen atoms in total. The SMILES string of the molecule is CCOC(=O)C1=C(C)NC(SCc2nnc(-c3ccc(Cl)cc3)o2)=NC1c1ccc(Br)cc1. The molecular weight excluding hydrogens is 528 g/mol. The Morgan fingerprint density at radius 3 is 2.61 bits per heavy atom. The van der Waals surface area contributed by atoms with Gasteiger partial charge < -0.3 is 14.5 Å². The summed E-state index contributed by atoms with van der Waals surface area (Å²) in [5, 5.41) is 12.7. The summed E-state index contributed by atoms with van der Waals surface area (Å²) in [6.07, 6.45) is 0. The number of esters is 1. The van der Waals surface area contributed by atoms with Crippen LogP contribution in [0.25, 0.3) is 11.5 Å². The average molecular weight is 548 g/mol. The molecule has 1 N–H and O–H groups in total. The Morgan fingerprint density at radius 2 is 1.91 bits per heavy atom. The van der Waals surface area contributed by atoms with E-state index in [1.54, 1.807) is 19.1 Å². The summed E-state index contributed by atoms with van der Waals surface area (Å²) in [7, 11) is 0. The lowest BCUT2D eigenvalue weighted by molar-refractivity contribution is -0.138. The lowest BCUT2D eigenvalue weighted by atomic mass is 9.97. The molecule has 0 bridgehead atoms. The quantitative estimate of drug-likeness (QED) is 0.383. The van der Waals surface area contributed by atoms with Gasteiger partial charge in [-0.3, -0.25) is 0 Å². The fourth-order valence-corrected chi connectivity index (χ4v) is 4.40. The number of amidine groups is 1. The maximum atomic E-state index is 12.7. The van der Waals surface area contributed by atoms with Gasteiger partial charge in [0.25, 0.3) is 0 Å². The molecule has 3 aromatic rings. The number of thioether (sulfide) groups is 1. The normalized spacial score (nSPS) is 15.8. The van der Waals surface area contributed by atoms with Crippen LogP contribution in [0, 0.1) is 0 Å². The minimum atomic E-state index is -0.479. The molecule has 0 radical (unpaired) electrons. The highest BCUT2D eigenvalue weighted by molar-refractivity contribution is 9.10. The number of carbonyl (C=O) groups is 1. The van der Waals surface area contributed by atoms with Crippen molar-refractivity contribution in [1.82, 2.24) is 15.5 Å². The predicted molar refractivity (Wildman–Crippen MR) is 133 cm³/mol. The van der Waals surface area contributed by atoms with Crippen molar-refractivity contribution in [2.75, 3.05) is 6.61 Å². The molecule has 4 rings (SSSR count). The number of halogens is 2. The van der Waals surface area contributed by atoms with Crippen LogP contribution in [0.4, 0.5) is 0 Å². The summed E-state index contributed by atoms with van der Waals surface area (Å²) in [6.45, 7) is 3.92. The average Bonchev–Trinajstić information content (AvgIpc) is 3.27. The first-order chi connectivity index (χ1) is 15.9. The molecule has 1 atom stereocenters. The van der Waals surface area contributed by atoms with Gasteiger partial charge in [-0.1, -0.05) is 51.4 Å². The smallest absolute Gasteiger partial charge is 0.338 e. The first kappa shape index (κ1) is 23.5. The van der Waals surface area contributed by atoms with E-state index < -0.39 is 6.04 Å². The van der Waals surface area contributed by atoms with E-state index >= 15 is 0 Å². The summed E-state index contributed by atoms with van der Waals surface area (Å²) >= 11 is 10.8. The number of rotatable bonds is 6. The number of nitrogens with one attached hydrogen (secondary N) is 1. The summed E-state index contributed by atoms with van der Waals surface area (Å²) in [5.41, 5.74) is 2.88. The molecule has 170 valence electrons. The molecule has 2 aromatic carbocycles. The van der Waals surface area contributed by atoms with Crippen molar-refractivity contribution in [2.45, 2.75) is 25.6 Å². The second-order valence-electron chi connectivity index (χ2n) is 7.07. The number of aliphatic imine (C=N–C) groups is 1. The molecule has 0 spiro atoms. The van der Waals surface area contributed by atoms with Crippen LogP contribution < -0.4 is 5.32 Å². The molecule has 1 aliphatic rings. The van der Waals surface area contributed by atoms with Gasteiger partial charge in [-0.05, 0) is 55.8 Å². The zero-order chi connectivity index (χ0) is 23.4. The van der Waals surface area contributed by atoms with Crippen LogP contribution in [0.15, 0.2) is 73.7 Å². The van der Waals surface area contributed by atoms with Gasteiger partial charge in [-0.15, -0.1) is 10.2 Å². The van der Waals surface area contributed by atoms with Crippen LogP contribution in [0.3, 0.4) is 0 Å². The molecule has 0 amide bonds. The Balaban J connectivity index is 1.53. The second kappa shape index (κ2) is 10.5. The zero-order valence-corrected chi connectivity index (χ0v) is 21.0. The van der Waals surface area contributed by atoms with Crippen molar-refractivity contribution in [3.8, 4) is 11.5 Å². The minimum absolute atomic E-state index is 0.293. The van der Waals surface area contributed by atoms with Crippen molar-refractivity contribution >= 4 is 50.4 Å². The Labute approximate surface area is 208 Å². The standard InChI is InChI=1S/C23H20BrClN4O3S/c1-3-31-22(30)19-13(2)26-23(27-20(19)14-4-8-16(24)9-5-14)33-12-18-28-29-21(32-18)15-6-10-17(25)11-7-15/h4-11,20H,3,12H2,1-2H3,(H,26,27). The molecule has 1 aliphatic heterocycles. The molecule has 1 aromatic heterocycles. The van der Waals surface area contributed by atoms with E-state index in [9.17, 15) is 4.79 Å². The molecule has 0 aliphatic carbocycles. The van der Waals surface area contributed by atoms with Crippen LogP contribution in [-0.2, 0) is 15.3 Å². The Hall–Kier alpha value is -2.62. The Bertz CT molecular complexity index is 1210. The predicted octanol–water partition coefficient (Wildman–Crippen LogP) is 5.92. The van der Waals surface area contributed by atoms with E-state index in [1.165, 1.54) is 11.8 Å². The van der Waals surface area contributed by atoms with Crippen LogP contribution in [-0.4, -0.2) is 27.9 Å². The summed E-state index contributed by atoms with van der Waals surface area (Å²) in [4.78, 5) is 17.5. The molecule has 10 heteroatoms. The number of carbonyl (C=O) groups excluding carboxylic acids is 1.